The molecule has 4 nitrogen and oxygen atoms in total. The Hall–Kier alpha value is -1.88. The van der Waals surface area contributed by atoms with Crippen LogP contribution in [0.1, 0.15) is 26.6 Å². The summed E-state index contributed by atoms with van der Waals surface area (Å²) in [7, 11) is 0. The Morgan fingerprint density at radius 3 is 2.83 bits per heavy atom. The van der Waals surface area contributed by atoms with Gasteiger partial charge in [-0.05, 0) is 31.5 Å². The van der Waals surface area contributed by atoms with Gasteiger partial charge >= 0.3 is 0 Å². The van der Waals surface area contributed by atoms with Gasteiger partial charge in [-0.2, -0.15) is 0 Å². The van der Waals surface area contributed by atoms with Crippen LogP contribution in [0.5, 0.6) is 0 Å². The summed E-state index contributed by atoms with van der Waals surface area (Å²) in [6.07, 6.45) is 0. The number of nitrogens with zero attached hydrogens (tertiary/aromatic N) is 1. The maximum atomic E-state index is 11.9. The number of rotatable bonds is 3. The van der Waals surface area contributed by atoms with Crippen molar-refractivity contribution in [3.63, 3.8) is 0 Å². The molecule has 18 heavy (non-hydrogen) atoms. The minimum Gasteiger partial charge on any atom is -0.398 e. The molecule has 2 rings (SSSR count). The van der Waals surface area contributed by atoms with E-state index in [0.29, 0.717) is 17.8 Å². The topological polar surface area (TPSA) is 68.0 Å². The summed E-state index contributed by atoms with van der Waals surface area (Å²) in [5, 5.41) is 5.77. The summed E-state index contributed by atoms with van der Waals surface area (Å²) < 4.78 is 0. The lowest BCUT2D eigenvalue weighted by Crippen LogP contribution is -2.23. The number of carbonyl (C=O) groups excluding carboxylic acids is 1. The third-order valence-electron chi connectivity index (χ3n) is 2.64. The van der Waals surface area contributed by atoms with Crippen molar-refractivity contribution in [1.82, 2.24) is 10.3 Å². The molecule has 0 atom stereocenters. The molecule has 0 aliphatic heterocycles. The van der Waals surface area contributed by atoms with E-state index in [1.807, 2.05) is 25.3 Å². The van der Waals surface area contributed by atoms with Crippen molar-refractivity contribution in [2.75, 3.05) is 5.73 Å². The highest BCUT2D eigenvalue weighted by Gasteiger charge is 2.07. The van der Waals surface area contributed by atoms with Crippen molar-refractivity contribution < 1.29 is 4.79 Å². The Morgan fingerprint density at radius 2 is 2.22 bits per heavy atom. The van der Waals surface area contributed by atoms with Gasteiger partial charge in [0.05, 0.1) is 17.2 Å². The van der Waals surface area contributed by atoms with Gasteiger partial charge in [0.1, 0.15) is 0 Å². The molecule has 0 radical (unpaired) electrons. The van der Waals surface area contributed by atoms with Crippen LogP contribution in [-0.4, -0.2) is 10.9 Å². The standard InChI is InChI=1S/C13H15N3OS/c1-8-3-4-10(5-12(8)14)13(17)15-6-11-7-18-9(2)16-11/h3-5,7H,6,14H2,1-2H3,(H,15,17). The number of nitrogens with one attached hydrogen (secondary N) is 1. The van der Waals surface area contributed by atoms with Crippen LogP contribution in [0.2, 0.25) is 0 Å². The SMILES string of the molecule is Cc1nc(CNC(=O)c2ccc(C)c(N)c2)cs1. The predicted octanol–water partition coefficient (Wildman–Crippen LogP) is 2.27. The first-order valence-corrected chi connectivity index (χ1v) is 6.49. The van der Waals surface area contributed by atoms with Crippen molar-refractivity contribution in [1.29, 1.82) is 0 Å². The maximum Gasteiger partial charge on any atom is 0.251 e. The van der Waals surface area contributed by atoms with Crippen molar-refractivity contribution >= 4 is 22.9 Å². The van der Waals surface area contributed by atoms with Crippen LogP contribution >= 0.6 is 11.3 Å². The number of aromatic nitrogens is 1. The maximum absolute atomic E-state index is 11.9. The first-order chi connectivity index (χ1) is 8.56. The zero-order chi connectivity index (χ0) is 13.1. The van der Waals surface area contributed by atoms with Crippen molar-refractivity contribution in [2.24, 2.45) is 0 Å². The zero-order valence-corrected chi connectivity index (χ0v) is 11.2. The Morgan fingerprint density at radius 1 is 1.44 bits per heavy atom. The number of carbonyl (C=O) groups is 1. The van der Waals surface area contributed by atoms with Crippen LogP contribution < -0.4 is 11.1 Å². The molecule has 1 aromatic heterocycles. The first kappa shape index (κ1) is 12.6. The fraction of sp³-hybridized carbons (Fsp3) is 0.231. The lowest BCUT2D eigenvalue weighted by molar-refractivity contribution is 0.0950. The molecular formula is C13H15N3OS. The van der Waals surface area contributed by atoms with Gasteiger partial charge in [-0.25, -0.2) is 4.98 Å². The third-order valence-corrected chi connectivity index (χ3v) is 3.46. The van der Waals surface area contributed by atoms with Crippen molar-refractivity contribution in [3.05, 3.63) is 45.4 Å². The lowest BCUT2D eigenvalue weighted by Gasteiger charge is -2.05. The summed E-state index contributed by atoms with van der Waals surface area (Å²) in [5.74, 6) is -0.132. The molecule has 94 valence electrons. The second kappa shape index (κ2) is 5.18. The predicted molar refractivity (Wildman–Crippen MR) is 73.6 cm³/mol. The van der Waals surface area contributed by atoms with Gasteiger partial charge in [0.15, 0.2) is 0 Å². The van der Waals surface area contributed by atoms with E-state index < -0.39 is 0 Å². The van der Waals surface area contributed by atoms with Gasteiger partial charge in [-0.15, -0.1) is 11.3 Å². The summed E-state index contributed by atoms with van der Waals surface area (Å²) in [6.45, 7) is 4.29. The van der Waals surface area contributed by atoms with E-state index in [2.05, 4.69) is 10.3 Å². The molecule has 0 saturated carbocycles. The van der Waals surface area contributed by atoms with Crippen molar-refractivity contribution in [3.8, 4) is 0 Å². The summed E-state index contributed by atoms with van der Waals surface area (Å²) in [6, 6.07) is 5.31. The van der Waals surface area contributed by atoms with Crippen molar-refractivity contribution in [2.45, 2.75) is 20.4 Å². The van der Waals surface area contributed by atoms with Gasteiger partial charge in [-0.3, -0.25) is 4.79 Å². The van der Waals surface area contributed by atoms with Crippen LogP contribution in [-0.2, 0) is 6.54 Å². The van der Waals surface area contributed by atoms with Crippen LogP contribution in [0.3, 0.4) is 0 Å². The molecule has 3 N–H and O–H groups in total. The molecule has 0 bridgehead atoms. The molecule has 0 unspecified atom stereocenters. The van der Waals surface area contributed by atoms with E-state index in [9.17, 15) is 4.79 Å². The summed E-state index contributed by atoms with van der Waals surface area (Å²) in [4.78, 5) is 16.2. The quantitative estimate of drug-likeness (QED) is 0.833. The number of thiazole rings is 1. The number of hydrogen-bond donors (Lipinski definition) is 2. The number of benzene rings is 1. The number of nitrogens with two attached hydrogens (primary N) is 1. The van der Waals surface area contributed by atoms with Crippen LogP contribution in [0.4, 0.5) is 5.69 Å². The Balaban J connectivity index is 2.01. The van der Waals surface area contributed by atoms with Gasteiger partial charge in [0.25, 0.3) is 5.91 Å². The van der Waals surface area contributed by atoms with Crippen LogP contribution in [0, 0.1) is 13.8 Å². The largest absolute Gasteiger partial charge is 0.398 e. The van der Waals surface area contributed by atoms with Gasteiger partial charge < -0.3 is 11.1 Å². The van der Waals surface area contributed by atoms with E-state index in [1.165, 1.54) is 0 Å². The van der Waals surface area contributed by atoms with E-state index in [0.717, 1.165) is 16.3 Å². The monoisotopic (exact) mass is 261 g/mol. The molecule has 0 fully saturated rings. The average Bonchev–Trinajstić information content (AvgIpc) is 2.75. The molecule has 1 aromatic carbocycles. The highest BCUT2D eigenvalue weighted by Crippen LogP contribution is 2.13. The molecule has 0 aliphatic carbocycles. The zero-order valence-electron chi connectivity index (χ0n) is 10.4. The third kappa shape index (κ3) is 2.87. The Labute approximate surface area is 110 Å². The number of nitrogen functional groups attached to an aromatic ring is 1. The molecular weight excluding hydrogens is 246 g/mol. The highest BCUT2D eigenvalue weighted by molar-refractivity contribution is 7.09. The normalized spacial score (nSPS) is 10.3. The van der Waals surface area contributed by atoms with E-state index in [-0.39, 0.29) is 5.91 Å². The van der Waals surface area contributed by atoms with Gasteiger partial charge in [0.2, 0.25) is 0 Å². The second-order valence-electron chi connectivity index (χ2n) is 4.11. The molecule has 0 aliphatic rings. The van der Waals surface area contributed by atoms with Crippen LogP contribution in [0.15, 0.2) is 23.6 Å². The van der Waals surface area contributed by atoms with Gasteiger partial charge in [-0.1, -0.05) is 6.07 Å². The Bertz CT molecular complexity index is 577. The minimum absolute atomic E-state index is 0.132. The molecule has 2 aromatic rings. The second-order valence-corrected chi connectivity index (χ2v) is 5.17. The van der Waals surface area contributed by atoms with E-state index >= 15 is 0 Å². The first-order valence-electron chi connectivity index (χ1n) is 5.61. The lowest BCUT2D eigenvalue weighted by atomic mass is 10.1. The highest BCUT2D eigenvalue weighted by atomic mass is 32.1. The smallest absolute Gasteiger partial charge is 0.251 e. The average molecular weight is 261 g/mol. The molecule has 0 saturated heterocycles. The summed E-state index contributed by atoms with van der Waals surface area (Å²) in [5.41, 5.74) is 8.84. The minimum atomic E-state index is -0.132. The number of amides is 1. The fourth-order valence-electron chi connectivity index (χ4n) is 1.54. The molecule has 1 heterocycles. The Kier molecular flexibility index (Phi) is 3.62. The molecule has 5 heteroatoms. The number of anilines is 1. The molecule has 0 spiro atoms. The summed E-state index contributed by atoms with van der Waals surface area (Å²) >= 11 is 1.57. The number of aryl methyl sites for hydroxylation is 2. The fourth-order valence-corrected chi connectivity index (χ4v) is 2.16. The van der Waals surface area contributed by atoms with E-state index in [1.54, 1.807) is 23.5 Å². The van der Waals surface area contributed by atoms with E-state index in [4.69, 9.17) is 5.73 Å². The van der Waals surface area contributed by atoms with Crippen LogP contribution in [0.25, 0.3) is 0 Å². The van der Waals surface area contributed by atoms with Gasteiger partial charge in [0, 0.05) is 16.6 Å². The molecule has 1 amide bonds. The number of hydrogen-bond acceptors (Lipinski definition) is 4.